The lowest BCUT2D eigenvalue weighted by Crippen LogP contribution is -2.69. The van der Waals surface area contributed by atoms with Gasteiger partial charge in [-0.3, -0.25) is 0 Å². The maximum atomic E-state index is 13.3. The van der Waals surface area contributed by atoms with Crippen molar-refractivity contribution in [3.8, 4) is 0 Å². The SMILES string of the molecule is C[C@@H]1O[C@H](O[C@H]2[C@@H](O[C@H]3[C@H](O[C@H]4[C@H](O)[C@@H](C(=O)O)O[C@@H](O[C@H]5CC[C@]6(C)[C@H]7CC=C8[C@@H]9CC(C)(C)CC[C@]9(CO)[C@H](O)C[C@@]8(C)[C@]7(C)CC[C@H]6C5(C)C)[C@@H]4O[C@@H]4O[C@H](CO)[C@@H](O)[C@H](O)[C@H]4O)O[C@H](CO)[C@H](O)[C@@H]3O)O[C@@H](C)[C@H](O)[C@H]2O)[C@H](O)[C@H](O)[C@H]1O. The predicted octanol–water partition coefficient (Wildman–Crippen LogP) is -2.62. The van der Waals surface area contributed by atoms with Crippen LogP contribution >= 0.6 is 0 Å². The van der Waals surface area contributed by atoms with Crippen molar-refractivity contribution < 1.29 is 134 Å². The molecular weight excluding hydrogens is 1150 g/mol. The standard InChI is InChI=1S/C60H98O27/c1-23-33(65)37(69)41(73)50(78-23)85-46-39(71)34(66)24(2)79-52(46)86-47-40(72)36(68)28(21-62)81-53(47)83-44-43(75)45(49(76)77)84-54(48(44)87-51-42(74)38(70)35(67)27(20-61)80-51)82-32-13-14-57(7)29(56(32,5)6)12-15-58(8)30(57)11-10-25-26-18-55(3,4)16-17-60(26,22-63)31(64)19-59(25,58)9/h10,23-24,26-48,50-54,61-75H,11-22H2,1-9H3,(H,76,77)/t23-,24-,26-,27+,28+,29-,30+,31+,32-,33-,34-,35+,36-,37+,38-,39+,40-,41+,42+,43-,44-,45-,46+,47+,48+,50+,51-,52+,53-,54+,57-,58+,59+,60+/m0/s1. The molecule has 10 aliphatic rings. The number of rotatable bonds is 14. The van der Waals surface area contributed by atoms with Crippen molar-refractivity contribution in [3.05, 3.63) is 11.6 Å². The first kappa shape index (κ1) is 68.1. The van der Waals surface area contributed by atoms with E-state index in [1.165, 1.54) is 19.4 Å². The van der Waals surface area contributed by atoms with Gasteiger partial charge in [-0.1, -0.05) is 60.1 Å². The van der Waals surface area contributed by atoms with Crippen LogP contribution in [0.5, 0.6) is 0 Å². The van der Waals surface area contributed by atoms with E-state index in [9.17, 15) is 86.5 Å². The van der Waals surface area contributed by atoms with Crippen LogP contribution < -0.4 is 0 Å². The van der Waals surface area contributed by atoms with E-state index in [0.717, 1.165) is 38.5 Å². The minimum Gasteiger partial charge on any atom is -0.479 e. The summed E-state index contributed by atoms with van der Waals surface area (Å²) in [6, 6.07) is 0. The van der Waals surface area contributed by atoms with Gasteiger partial charge in [0.25, 0.3) is 0 Å². The van der Waals surface area contributed by atoms with E-state index < -0.39 is 201 Å². The second kappa shape index (κ2) is 24.8. The van der Waals surface area contributed by atoms with Crippen molar-refractivity contribution in [2.75, 3.05) is 19.8 Å². The van der Waals surface area contributed by atoms with E-state index in [2.05, 4.69) is 54.5 Å². The molecule has 5 saturated heterocycles. The molecule has 0 aromatic rings. The Morgan fingerprint density at radius 2 is 1.02 bits per heavy atom. The monoisotopic (exact) mass is 1250 g/mol. The third-order valence-corrected chi connectivity index (χ3v) is 23.6. The second-order valence-corrected chi connectivity index (χ2v) is 29.2. The molecule has 9 fully saturated rings. The molecule has 4 saturated carbocycles. The summed E-state index contributed by atoms with van der Waals surface area (Å²) in [5, 5.41) is 178. The van der Waals surface area contributed by atoms with Crippen molar-refractivity contribution in [1.82, 2.24) is 0 Å². The maximum Gasteiger partial charge on any atom is 0.335 e. The van der Waals surface area contributed by atoms with Gasteiger partial charge in [0.15, 0.2) is 37.6 Å². The van der Waals surface area contributed by atoms with Gasteiger partial charge < -0.3 is 129 Å². The zero-order valence-electron chi connectivity index (χ0n) is 51.0. The Balaban J connectivity index is 0.977. The molecule has 500 valence electrons. The number of hydrogen-bond acceptors (Lipinski definition) is 26. The first-order valence-electron chi connectivity index (χ1n) is 31.1. The quantitative estimate of drug-likeness (QED) is 0.0625. The zero-order chi connectivity index (χ0) is 63.7. The number of fused-ring (bicyclic) bond motifs is 7. The molecular formula is C60H98O27. The van der Waals surface area contributed by atoms with Crippen molar-refractivity contribution in [2.45, 2.75) is 286 Å². The van der Waals surface area contributed by atoms with E-state index >= 15 is 0 Å². The van der Waals surface area contributed by atoms with E-state index in [1.54, 1.807) is 0 Å². The molecule has 10 rings (SSSR count). The molecule has 5 heterocycles. The summed E-state index contributed by atoms with van der Waals surface area (Å²) in [5.74, 6) is -1.65. The Labute approximate surface area is 506 Å². The Morgan fingerprint density at radius 1 is 0.517 bits per heavy atom. The maximum absolute atomic E-state index is 13.3. The van der Waals surface area contributed by atoms with Gasteiger partial charge in [-0.25, -0.2) is 4.79 Å². The minimum absolute atomic E-state index is 0.00953. The highest BCUT2D eigenvalue weighted by molar-refractivity contribution is 5.73. The molecule has 34 atom stereocenters. The molecule has 5 aliphatic heterocycles. The summed E-state index contributed by atoms with van der Waals surface area (Å²) in [6.45, 7) is 16.4. The van der Waals surface area contributed by atoms with Crippen molar-refractivity contribution in [3.63, 3.8) is 0 Å². The first-order chi connectivity index (χ1) is 40.7. The highest BCUT2D eigenvalue weighted by Gasteiger charge is 2.71. The van der Waals surface area contributed by atoms with Crippen LogP contribution in [0.3, 0.4) is 0 Å². The highest BCUT2D eigenvalue weighted by Crippen LogP contribution is 2.76. The number of carboxylic acids is 1. The molecule has 27 heteroatoms. The van der Waals surface area contributed by atoms with Crippen LogP contribution in [-0.2, 0) is 52.2 Å². The van der Waals surface area contributed by atoms with E-state index in [0.29, 0.717) is 19.3 Å². The van der Waals surface area contributed by atoms with Gasteiger partial charge in [0, 0.05) is 5.41 Å². The van der Waals surface area contributed by atoms with Gasteiger partial charge in [-0.15, -0.1) is 0 Å². The van der Waals surface area contributed by atoms with Gasteiger partial charge in [0.05, 0.1) is 44.2 Å². The fourth-order valence-electron chi connectivity index (χ4n) is 18.0. The summed E-state index contributed by atoms with van der Waals surface area (Å²) < 4.78 is 61.7. The molecule has 0 unspecified atom stereocenters. The number of carboxylic acid groups (broad SMARTS) is 1. The molecule has 87 heavy (non-hydrogen) atoms. The summed E-state index contributed by atoms with van der Waals surface area (Å²) in [4.78, 5) is 13.3. The number of hydrogen-bond donors (Lipinski definition) is 16. The average molecular weight is 1250 g/mol. The number of aliphatic carboxylic acids is 1. The summed E-state index contributed by atoms with van der Waals surface area (Å²) in [5.41, 5.74) is -1.02. The fraction of sp³-hybridized carbons (Fsp3) is 0.950. The number of aliphatic hydroxyl groups excluding tert-OH is 15. The predicted molar refractivity (Wildman–Crippen MR) is 294 cm³/mol. The fourth-order valence-corrected chi connectivity index (χ4v) is 18.0. The highest BCUT2D eigenvalue weighted by atomic mass is 16.8. The van der Waals surface area contributed by atoms with Crippen molar-refractivity contribution in [2.24, 2.45) is 50.2 Å². The number of aliphatic hydroxyl groups is 15. The second-order valence-electron chi connectivity index (χ2n) is 29.2. The Kier molecular flexibility index (Phi) is 19.4. The third kappa shape index (κ3) is 11.3. The number of ether oxygens (including phenoxy) is 10. The van der Waals surface area contributed by atoms with Crippen LogP contribution in [0.2, 0.25) is 0 Å². The summed E-state index contributed by atoms with van der Waals surface area (Å²) >= 11 is 0. The smallest absolute Gasteiger partial charge is 0.335 e. The average Bonchev–Trinajstić information content (AvgIpc) is 0.683. The summed E-state index contributed by atoms with van der Waals surface area (Å²) in [6.07, 6.45) is -39.9. The lowest BCUT2D eigenvalue weighted by Gasteiger charge is -2.72. The molecule has 0 aromatic carbocycles. The van der Waals surface area contributed by atoms with Crippen LogP contribution in [-0.4, -0.2) is 273 Å². The van der Waals surface area contributed by atoms with Gasteiger partial charge in [-0.05, 0) is 116 Å². The Morgan fingerprint density at radius 3 is 1.63 bits per heavy atom. The normalized spacial score (nSPS) is 54.9. The molecule has 0 bridgehead atoms. The van der Waals surface area contributed by atoms with Crippen LogP contribution in [0.15, 0.2) is 11.6 Å². The molecule has 0 spiro atoms. The molecule has 16 N–H and O–H groups in total. The summed E-state index contributed by atoms with van der Waals surface area (Å²) in [7, 11) is 0. The molecule has 0 radical (unpaired) electrons. The molecule has 27 nitrogen and oxygen atoms in total. The van der Waals surface area contributed by atoms with E-state index in [1.807, 2.05) is 0 Å². The van der Waals surface area contributed by atoms with Gasteiger partial charge >= 0.3 is 5.97 Å². The van der Waals surface area contributed by atoms with Crippen molar-refractivity contribution in [1.29, 1.82) is 0 Å². The van der Waals surface area contributed by atoms with E-state index in [4.69, 9.17) is 47.4 Å². The lowest BCUT2D eigenvalue weighted by molar-refractivity contribution is -0.412. The Bertz CT molecular complexity index is 2440. The van der Waals surface area contributed by atoms with Crippen molar-refractivity contribution >= 4 is 5.97 Å². The largest absolute Gasteiger partial charge is 0.479 e. The zero-order valence-corrected chi connectivity index (χ0v) is 51.0. The number of carbonyl (C=O) groups is 1. The van der Waals surface area contributed by atoms with Crippen LogP contribution in [0, 0.1) is 50.2 Å². The number of allylic oxidation sites excluding steroid dienone is 2. The lowest BCUT2D eigenvalue weighted by atomic mass is 9.33. The van der Waals surface area contributed by atoms with Gasteiger partial charge in [-0.2, -0.15) is 0 Å². The molecule has 0 aromatic heterocycles. The topological polar surface area (TPSA) is 433 Å². The van der Waals surface area contributed by atoms with Crippen LogP contribution in [0.4, 0.5) is 0 Å². The molecule has 0 amide bonds. The Hall–Kier alpha value is -1.79. The first-order valence-corrected chi connectivity index (χ1v) is 31.1. The van der Waals surface area contributed by atoms with Gasteiger partial charge in [0.2, 0.25) is 0 Å². The van der Waals surface area contributed by atoms with Crippen LogP contribution in [0.1, 0.15) is 120 Å². The van der Waals surface area contributed by atoms with E-state index in [-0.39, 0.29) is 40.6 Å². The third-order valence-electron chi connectivity index (χ3n) is 23.6. The minimum atomic E-state index is -2.31. The molecule has 5 aliphatic carbocycles. The van der Waals surface area contributed by atoms with Crippen LogP contribution in [0.25, 0.3) is 0 Å². The van der Waals surface area contributed by atoms with Gasteiger partial charge in [0.1, 0.15) is 104 Å².